The highest BCUT2D eigenvalue weighted by atomic mass is 16.5. The molecule has 0 heterocycles. The Kier molecular flexibility index (Phi) is 6.53. The molecule has 0 rings (SSSR count). The zero-order valence-corrected chi connectivity index (χ0v) is 8.22. The van der Waals surface area contributed by atoms with Crippen molar-refractivity contribution < 1.29 is 9.53 Å². The summed E-state index contributed by atoms with van der Waals surface area (Å²) in [5.41, 5.74) is 0. The first-order chi connectivity index (χ1) is 5.74. The average molecular weight is 173 g/mol. The van der Waals surface area contributed by atoms with E-state index in [0.717, 1.165) is 19.3 Å². The number of methoxy groups -OCH3 is 1. The molecule has 72 valence electrons. The van der Waals surface area contributed by atoms with Crippen LogP contribution in [0, 0.1) is 0 Å². The van der Waals surface area contributed by atoms with Crippen molar-refractivity contribution in [2.45, 2.75) is 45.6 Å². The number of unbranched alkanes of at least 4 members (excludes halogenated alkanes) is 1. The van der Waals surface area contributed by atoms with Gasteiger partial charge < -0.3 is 10.1 Å². The molecule has 0 saturated carbocycles. The first kappa shape index (κ1) is 11.3. The second-order valence-corrected chi connectivity index (χ2v) is 2.88. The molecule has 1 N–H and O–H groups in total. The van der Waals surface area contributed by atoms with Gasteiger partial charge >= 0.3 is 6.09 Å². The van der Waals surface area contributed by atoms with Crippen molar-refractivity contribution in [1.82, 2.24) is 5.32 Å². The Balaban J connectivity index is 3.59. The van der Waals surface area contributed by atoms with E-state index >= 15 is 0 Å². The summed E-state index contributed by atoms with van der Waals surface area (Å²) in [6.07, 6.45) is 4.01. The van der Waals surface area contributed by atoms with Crippen LogP contribution in [0.5, 0.6) is 0 Å². The van der Waals surface area contributed by atoms with Gasteiger partial charge in [0, 0.05) is 6.04 Å². The van der Waals surface area contributed by atoms with Crippen LogP contribution in [0.4, 0.5) is 4.79 Å². The maximum Gasteiger partial charge on any atom is 0.407 e. The molecule has 0 aromatic heterocycles. The average Bonchev–Trinajstić information content (AvgIpc) is 2.11. The second-order valence-electron chi connectivity index (χ2n) is 2.88. The number of hydrogen-bond acceptors (Lipinski definition) is 2. The van der Waals surface area contributed by atoms with Crippen molar-refractivity contribution in [3.63, 3.8) is 0 Å². The molecule has 1 atom stereocenters. The smallest absolute Gasteiger partial charge is 0.407 e. The molecule has 0 fully saturated rings. The lowest BCUT2D eigenvalue weighted by Crippen LogP contribution is -2.34. The van der Waals surface area contributed by atoms with Gasteiger partial charge in [0.25, 0.3) is 0 Å². The fourth-order valence-electron chi connectivity index (χ4n) is 1.05. The zero-order chi connectivity index (χ0) is 9.40. The highest BCUT2D eigenvalue weighted by Crippen LogP contribution is 2.03. The number of hydrogen-bond donors (Lipinski definition) is 1. The maximum atomic E-state index is 10.8. The molecule has 0 saturated heterocycles. The van der Waals surface area contributed by atoms with E-state index in [2.05, 4.69) is 23.9 Å². The molecular formula is C9H19NO2. The minimum absolute atomic E-state index is 0.275. The molecule has 0 spiro atoms. The largest absolute Gasteiger partial charge is 0.453 e. The SMILES string of the molecule is CCCCC(CC)NC(=O)OC. The van der Waals surface area contributed by atoms with Crippen molar-refractivity contribution in [3.05, 3.63) is 0 Å². The first-order valence-corrected chi connectivity index (χ1v) is 4.59. The summed E-state index contributed by atoms with van der Waals surface area (Å²) < 4.78 is 4.51. The van der Waals surface area contributed by atoms with Crippen LogP contribution in [-0.2, 0) is 4.74 Å². The summed E-state index contributed by atoms with van der Waals surface area (Å²) in [7, 11) is 1.39. The van der Waals surface area contributed by atoms with Crippen molar-refractivity contribution in [2.75, 3.05) is 7.11 Å². The lowest BCUT2D eigenvalue weighted by molar-refractivity contribution is 0.165. The van der Waals surface area contributed by atoms with Gasteiger partial charge in [0.15, 0.2) is 0 Å². The Labute approximate surface area is 74.5 Å². The molecule has 0 radical (unpaired) electrons. The van der Waals surface area contributed by atoms with Gasteiger partial charge in [0.05, 0.1) is 7.11 Å². The number of carbonyl (C=O) groups is 1. The molecule has 1 unspecified atom stereocenters. The van der Waals surface area contributed by atoms with E-state index in [-0.39, 0.29) is 12.1 Å². The molecule has 3 heteroatoms. The van der Waals surface area contributed by atoms with Crippen LogP contribution < -0.4 is 5.32 Å². The van der Waals surface area contributed by atoms with Gasteiger partial charge in [-0.3, -0.25) is 0 Å². The lowest BCUT2D eigenvalue weighted by atomic mass is 10.1. The fraction of sp³-hybridized carbons (Fsp3) is 0.889. The normalized spacial score (nSPS) is 12.2. The summed E-state index contributed by atoms with van der Waals surface area (Å²) in [6.45, 7) is 4.21. The Bertz CT molecular complexity index is 126. The topological polar surface area (TPSA) is 38.3 Å². The number of nitrogens with one attached hydrogen (secondary N) is 1. The second kappa shape index (κ2) is 6.95. The monoisotopic (exact) mass is 173 g/mol. The number of amides is 1. The quantitative estimate of drug-likeness (QED) is 0.692. The highest BCUT2D eigenvalue weighted by molar-refractivity contribution is 5.67. The summed E-state index contributed by atoms with van der Waals surface area (Å²) in [5.74, 6) is 0. The number of carbonyl (C=O) groups excluding carboxylic acids is 1. The number of alkyl carbamates (subject to hydrolysis) is 1. The zero-order valence-electron chi connectivity index (χ0n) is 8.22. The van der Waals surface area contributed by atoms with Crippen LogP contribution in [0.25, 0.3) is 0 Å². The van der Waals surface area contributed by atoms with Crippen molar-refractivity contribution in [1.29, 1.82) is 0 Å². The van der Waals surface area contributed by atoms with Crippen LogP contribution in [0.1, 0.15) is 39.5 Å². The van der Waals surface area contributed by atoms with Gasteiger partial charge in [0.2, 0.25) is 0 Å². The minimum Gasteiger partial charge on any atom is -0.453 e. The van der Waals surface area contributed by atoms with Crippen LogP contribution in [0.2, 0.25) is 0 Å². The molecule has 0 aliphatic heterocycles. The Morgan fingerprint density at radius 3 is 2.58 bits per heavy atom. The van der Waals surface area contributed by atoms with Crippen LogP contribution >= 0.6 is 0 Å². The van der Waals surface area contributed by atoms with Gasteiger partial charge in [-0.2, -0.15) is 0 Å². The van der Waals surface area contributed by atoms with Gasteiger partial charge in [0.1, 0.15) is 0 Å². The highest BCUT2D eigenvalue weighted by Gasteiger charge is 2.08. The minimum atomic E-state index is -0.321. The maximum absolute atomic E-state index is 10.8. The van der Waals surface area contributed by atoms with E-state index in [9.17, 15) is 4.79 Å². The summed E-state index contributed by atoms with van der Waals surface area (Å²) >= 11 is 0. The third-order valence-electron chi connectivity index (χ3n) is 1.91. The molecule has 12 heavy (non-hydrogen) atoms. The molecule has 0 aliphatic carbocycles. The molecular weight excluding hydrogens is 154 g/mol. The van der Waals surface area contributed by atoms with Gasteiger partial charge in [-0.1, -0.05) is 26.7 Å². The Morgan fingerprint density at radius 2 is 2.17 bits per heavy atom. The molecule has 1 amide bonds. The predicted molar refractivity (Wildman–Crippen MR) is 49.1 cm³/mol. The predicted octanol–water partition coefficient (Wildman–Crippen LogP) is 2.31. The summed E-state index contributed by atoms with van der Waals surface area (Å²) in [6, 6.07) is 0.275. The molecule has 0 aromatic carbocycles. The Hall–Kier alpha value is -0.730. The Morgan fingerprint density at radius 1 is 1.50 bits per heavy atom. The molecule has 0 aromatic rings. The summed E-state index contributed by atoms with van der Waals surface area (Å²) in [4.78, 5) is 10.8. The van der Waals surface area contributed by atoms with Gasteiger partial charge in [-0.05, 0) is 12.8 Å². The summed E-state index contributed by atoms with van der Waals surface area (Å²) in [5, 5.41) is 2.79. The van der Waals surface area contributed by atoms with E-state index < -0.39 is 0 Å². The van der Waals surface area contributed by atoms with Crippen LogP contribution in [0.15, 0.2) is 0 Å². The van der Waals surface area contributed by atoms with E-state index in [4.69, 9.17) is 0 Å². The van der Waals surface area contributed by atoms with Crippen LogP contribution in [0.3, 0.4) is 0 Å². The van der Waals surface area contributed by atoms with E-state index in [1.807, 2.05) is 0 Å². The molecule has 0 aliphatic rings. The van der Waals surface area contributed by atoms with Gasteiger partial charge in [-0.15, -0.1) is 0 Å². The third kappa shape index (κ3) is 4.99. The van der Waals surface area contributed by atoms with E-state index in [1.165, 1.54) is 13.5 Å². The molecule has 3 nitrogen and oxygen atoms in total. The number of rotatable bonds is 5. The van der Waals surface area contributed by atoms with E-state index in [1.54, 1.807) is 0 Å². The molecule has 0 bridgehead atoms. The van der Waals surface area contributed by atoms with Crippen LogP contribution in [-0.4, -0.2) is 19.2 Å². The van der Waals surface area contributed by atoms with Crippen molar-refractivity contribution in [2.24, 2.45) is 0 Å². The standard InChI is InChI=1S/C9H19NO2/c1-4-6-7-8(5-2)10-9(11)12-3/h8H,4-7H2,1-3H3,(H,10,11). The van der Waals surface area contributed by atoms with E-state index in [0.29, 0.717) is 0 Å². The first-order valence-electron chi connectivity index (χ1n) is 4.59. The number of ether oxygens (including phenoxy) is 1. The van der Waals surface area contributed by atoms with Crippen molar-refractivity contribution >= 4 is 6.09 Å². The lowest BCUT2D eigenvalue weighted by Gasteiger charge is -2.14. The fourth-order valence-corrected chi connectivity index (χ4v) is 1.05. The van der Waals surface area contributed by atoms with Crippen molar-refractivity contribution in [3.8, 4) is 0 Å². The van der Waals surface area contributed by atoms with Gasteiger partial charge in [-0.25, -0.2) is 4.79 Å². The third-order valence-corrected chi connectivity index (χ3v) is 1.91.